The summed E-state index contributed by atoms with van der Waals surface area (Å²) in [4.78, 5) is 14.0. The molecule has 6 nitrogen and oxygen atoms in total. The van der Waals surface area contributed by atoms with Crippen molar-refractivity contribution < 1.29 is 9.90 Å². The molecule has 0 saturated heterocycles. The average molecular weight is 346 g/mol. The average Bonchev–Trinajstić information content (AvgIpc) is 2.94. The second kappa shape index (κ2) is 7.92. The number of allylic oxidation sites excluding steroid dienone is 2. The molecule has 1 atom stereocenters. The van der Waals surface area contributed by atoms with Gasteiger partial charge >= 0.3 is 5.97 Å². The summed E-state index contributed by atoms with van der Waals surface area (Å²) in [6, 6.07) is 8.40. The first-order valence-electron chi connectivity index (χ1n) is 7.54. The summed E-state index contributed by atoms with van der Waals surface area (Å²) in [6.07, 6.45) is 3.88. The minimum Gasteiger partial charge on any atom is -0.478 e. The molecule has 0 radical (unpaired) electrons. The molecule has 0 saturated carbocycles. The molecule has 1 aromatic rings. The van der Waals surface area contributed by atoms with Crippen LogP contribution in [0.3, 0.4) is 0 Å². The molecule has 128 valence electrons. The molecule has 1 aliphatic carbocycles. The lowest BCUT2D eigenvalue weighted by Crippen LogP contribution is -2.26. The van der Waals surface area contributed by atoms with Gasteiger partial charge in [0.15, 0.2) is 0 Å². The van der Waals surface area contributed by atoms with Crippen molar-refractivity contribution in [3.63, 3.8) is 0 Å². The number of carbonyl (C=O) groups is 1. The van der Waals surface area contributed by atoms with E-state index in [1.165, 1.54) is 10.6 Å². The van der Waals surface area contributed by atoms with Crippen LogP contribution in [0.4, 0.5) is 5.69 Å². The third-order valence-corrected chi connectivity index (χ3v) is 4.59. The number of para-hydroxylation sites is 1. The number of hydrazone groups is 1. The zero-order valence-corrected chi connectivity index (χ0v) is 14.8. The van der Waals surface area contributed by atoms with Gasteiger partial charge in [0.2, 0.25) is 0 Å². The molecule has 1 aromatic carbocycles. The Hall–Kier alpha value is -2.41. The Morgan fingerprint density at radius 1 is 1.42 bits per heavy atom. The molecule has 4 N–H and O–H groups in total. The number of rotatable bonds is 2. The molecule has 1 unspecified atom stereocenters. The van der Waals surface area contributed by atoms with Crippen LogP contribution in [-0.4, -0.2) is 41.2 Å². The number of aliphatic carboxylic acids is 1. The Morgan fingerprint density at radius 2 is 2.12 bits per heavy atom. The zero-order chi connectivity index (χ0) is 17.7. The highest BCUT2D eigenvalue weighted by Gasteiger charge is 2.21. The van der Waals surface area contributed by atoms with Crippen LogP contribution in [0.5, 0.6) is 0 Å². The van der Waals surface area contributed by atoms with Crippen LogP contribution in [0, 0.1) is 0 Å². The third-order valence-electron chi connectivity index (χ3n) is 3.51. The zero-order valence-electron chi connectivity index (χ0n) is 14.0. The van der Waals surface area contributed by atoms with Crippen LogP contribution in [0.15, 0.2) is 57.7 Å². The monoisotopic (exact) mass is 346 g/mol. The highest BCUT2D eigenvalue weighted by molar-refractivity contribution is 8.00. The second-order valence-corrected chi connectivity index (χ2v) is 6.93. The molecule has 1 aliphatic heterocycles. The maximum absolute atomic E-state index is 10.9. The number of carboxylic acid groups (broad SMARTS) is 1. The summed E-state index contributed by atoms with van der Waals surface area (Å²) in [6.45, 7) is 2.17. The second-order valence-electron chi connectivity index (χ2n) is 5.54. The Labute approximate surface area is 146 Å². The van der Waals surface area contributed by atoms with Crippen LogP contribution >= 0.6 is 11.8 Å². The van der Waals surface area contributed by atoms with Crippen LogP contribution in [0.1, 0.15) is 13.3 Å². The molecule has 0 fully saturated rings. The van der Waals surface area contributed by atoms with Crippen LogP contribution in [-0.2, 0) is 4.79 Å². The first-order valence-corrected chi connectivity index (χ1v) is 8.42. The Bertz CT molecular complexity index is 685. The van der Waals surface area contributed by atoms with Gasteiger partial charge in [-0.2, -0.15) is 5.10 Å². The quantitative estimate of drug-likeness (QED) is 0.563. The van der Waals surface area contributed by atoms with Crippen LogP contribution in [0.25, 0.3) is 0 Å². The molecule has 0 amide bonds. The van der Waals surface area contributed by atoms with E-state index in [9.17, 15) is 4.79 Å². The van der Waals surface area contributed by atoms with E-state index in [1.54, 1.807) is 31.1 Å². The SMILES string of the molecule is CC1Nc2ccccc2S1.CN(C)C1=C(C(=O)O)C=CCC1=NN. The van der Waals surface area contributed by atoms with Crippen molar-refractivity contribution >= 4 is 29.1 Å². The van der Waals surface area contributed by atoms with E-state index in [2.05, 4.69) is 41.6 Å². The van der Waals surface area contributed by atoms with Crippen molar-refractivity contribution in [2.75, 3.05) is 19.4 Å². The molecular weight excluding hydrogens is 324 g/mol. The minimum absolute atomic E-state index is 0.227. The van der Waals surface area contributed by atoms with Gasteiger partial charge in [0.1, 0.15) is 0 Å². The van der Waals surface area contributed by atoms with Gasteiger partial charge in [-0.1, -0.05) is 30.0 Å². The van der Waals surface area contributed by atoms with Crippen molar-refractivity contribution in [3.05, 3.63) is 47.7 Å². The predicted molar refractivity (Wildman–Crippen MR) is 99.1 cm³/mol. The Kier molecular flexibility index (Phi) is 5.92. The number of thioether (sulfide) groups is 1. The van der Waals surface area contributed by atoms with Crippen molar-refractivity contribution in [2.24, 2.45) is 10.9 Å². The number of nitrogens with two attached hydrogens (primary N) is 1. The van der Waals surface area contributed by atoms with Crippen molar-refractivity contribution in [1.29, 1.82) is 0 Å². The summed E-state index contributed by atoms with van der Waals surface area (Å²) in [5.41, 5.74) is 2.67. The predicted octanol–water partition coefficient (Wildman–Crippen LogP) is 2.71. The van der Waals surface area contributed by atoms with Crippen molar-refractivity contribution in [3.8, 4) is 0 Å². The summed E-state index contributed by atoms with van der Waals surface area (Å²) in [7, 11) is 3.53. The van der Waals surface area contributed by atoms with Crippen molar-refractivity contribution in [1.82, 2.24) is 4.90 Å². The molecule has 2 aliphatic rings. The maximum atomic E-state index is 10.9. The van der Waals surface area contributed by atoms with Gasteiger partial charge in [0.25, 0.3) is 0 Å². The number of hydrogen-bond donors (Lipinski definition) is 3. The van der Waals surface area contributed by atoms with Gasteiger partial charge in [-0.25, -0.2) is 4.79 Å². The van der Waals surface area contributed by atoms with E-state index in [0.29, 0.717) is 23.2 Å². The van der Waals surface area contributed by atoms with E-state index >= 15 is 0 Å². The Balaban J connectivity index is 0.000000182. The highest BCUT2D eigenvalue weighted by Crippen LogP contribution is 2.37. The van der Waals surface area contributed by atoms with E-state index in [1.807, 2.05) is 11.8 Å². The fourth-order valence-electron chi connectivity index (χ4n) is 2.53. The number of benzene rings is 1. The van der Waals surface area contributed by atoms with E-state index in [4.69, 9.17) is 10.9 Å². The topological polar surface area (TPSA) is 91.0 Å². The van der Waals surface area contributed by atoms with Gasteiger partial charge < -0.3 is 21.2 Å². The fraction of sp³-hybridized carbons (Fsp3) is 0.294. The minimum atomic E-state index is -0.967. The summed E-state index contributed by atoms with van der Waals surface area (Å²) in [5.74, 6) is 4.23. The first-order chi connectivity index (χ1) is 11.4. The largest absolute Gasteiger partial charge is 0.478 e. The third kappa shape index (κ3) is 4.11. The number of hydrogen-bond acceptors (Lipinski definition) is 6. The normalized spacial score (nSPS) is 20.1. The number of fused-ring (bicyclic) bond motifs is 1. The molecule has 7 heteroatoms. The lowest BCUT2D eigenvalue weighted by atomic mass is 10.0. The van der Waals surface area contributed by atoms with Crippen LogP contribution < -0.4 is 11.2 Å². The first kappa shape index (κ1) is 17.9. The number of nitrogens with one attached hydrogen (secondary N) is 1. The maximum Gasteiger partial charge on any atom is 0.337 e. The number of anilines is 1. The summed E-state index contributed by atoms with van der Waals surface area (Å²) in [5, 5.41) is 16.4. The standard InChI is InChI=1S/C9H13N3O2.C8H9NS/c1-12(2)8-6(9(13)14)4-3-5-7(8)11-10;1-6-9-7-4-2-3-5-8(7)10-6/h3-4H,5,10H2,1-2H3,(H,13,14);2-6,9H,1H3. The van der Waals surface area contributed by atoms with Crippen LogP contribution in [0.2, 0.25) is 0 Å². The highest BCUT2D eigenvalue weighted by atomic mass is 32.2. The van der Waals surface area contributed by atoms with Gasteiger partial charge in [-0.15, -0.1) is 0 Å². The molecule has 0 aromatic heterocycles. The summed E-state index contributed by atoms with van der Waals surface area (Å²) < 4.78 is 0. The molecule has 3 rings (SSSR count). The van der Waals surface area contributed by atoms with E-state index < -0.39 is 5.97 Å². The number of carboxylic acids is 1. The van der Waals surface area contributed by atoms with Crippen molar-refractivity contribution in [2.45, 2.75) is 23.6 Å². The fourth-order valence-corrected chi connectivity index (χ4v) is 3.51. The smallest absolute Gasteiger partial charge is 0.337 e. The molecular formula is C17H22N4O2S. The lowest BCUT2D eigenvalue weighted by molar-refractivity contribution is -0.132. The van der Waals surface area contributed by atoms with Gasteiger partial charge in [0.05, 0.1) is 22.4 Å². The lowest BCUT2D eigenvalue weighted by Gasteiger charge is -2.22. The Morgan fingerprint density at radius 3 is 2.71 bits per heavy atom. The molecule has 24 heavy (non-hydrogen) atoms. The van der Waals surface area contributed by atoms with E-state index in [0.717, 1.165) is 0 Å². The van der Waals surface area contributed by atoms with E-state index in [-0.39, 0.29) is 5.57 Å². The summed E-state index contributed by atoms with van der Waals surface area (Å²) >= 11 is 1.88. The molecule has 0 bridgehead atoms. The van der Waals surface area contributed by atoms with Gasteiger partial charge in [0, 0.05) is 31.1 Å². The molecule has 1 heterocycles. The number of nitrogens with zero attached hydrogens (tertiary/aromatic N) is 2. The molecule has 0 spiro atoms. The van der Waals surface area contributed by atoms with Gasteiger partial charge in [-0.05, 0) is 25.1 Å². The van der Waals surface area contributed by atoms with Gasteiger partial charge in [-0.3, -0.25) is 0 Å².